The standard InChI is InChI=1S/C37H58N4O8/c1-24(2)19-27(15-18-47-9)38-32(42)25-20-26(23-39(22-25)35(45)49-36(3,4)5)33(43)41(28-11-12-28)29-13-14-31-30(21-29)40(16-10-17-46-8)34(44)37(6,7)48-31/h13-14,21,24-28H,10-12,15-20,22-23H2,1-9H3,(H,38,42)/t25-,26+,27+/m0/s1. The third-order valence-electron chi connectivity index (χ3n) is 9.11. The van der Waals surface area contributed by atoms with Crippen molar-refractivity contribution >= 4 is 35.2 Å². The molecule has 12 heteroatoms. The summed E-state index contributed by atoms with van der Waals surface area (Å²) in [5, 5.41) is 3.20. The van der Waals surface area contributed by atoms with Crippen LogP contribution in [0.1, 0.15) is 87.0 Å². The van der Waals surface area contributed by atoms with E-state index in [-0.39, 0.29) is 42.9 Å². The molecule has 2 aliphatic heterocycles. The number of likely N-dealkylation sites (tertiary alicyclic amines) is 1. The Bertz CT molecular complexity index is 1340. The first kappa shape index (κ1) is 38.4. The fourth-order valence-corrected chi connectivity index (χ4v) is 6.68. The molecule has 2 heterocycles. The number of ether oxygens (including phenoxy) is 4. The van der Waals surface area contributed by atoms with E-state index in [1.54, 1.807) is 58.6 Å². The first-order chi connectivity index (χ1) is 23.0. The topological polar surface area (TPSA) is 127 Å². The van der Waals surface area contributed by atoms with Gasteiger partial charge in [-0.3, -0.25) is 14.4 Å². The summed E-state index contributed by atoms with van der Waals surface area (Å²) in [6.45, 7) is 14.9. The summed E-state index contributed by atoms with van der Waals surface area (Å²) in [5.74, 6) is -0.776. The van der Waals surface area contributed by atoms with Gasteiger partial charge in [0.25, 0.3) is 5.91 Å². The van der Waals surface area contributed by atoms with Crippen LogP contribution in [0, 0.1) is 17.8 Å². The summed E-state index contributed by atoms with van der Waals surface area (Å²) in [6.07, 6.45) is 3.54. The largest absolute Gasteiger partial charge is 0.476 e. The summed E-state index contributed by atoms with van der Waals surface area (Å²) in [5.41, 5.74) is -0.500. The van der Waals surface area contributed by atoms with Gasteiger partial charge >= 0.3 is 6.09 Å². The highest BCUT2D eigenvalue weighted by Crippen LogP contribution is 2.43. The van der Waals surface area contributed by atoms with E-state index in [1.165, 1.54) is 4.90 Å². The van der Waals surface area contributed by atoms with Gasteiger partial charge in [0, 0.05) is 64.8 Å². The van der Waals surface area contributed by atoms with Crippen LogP contribution < -0.4 is 19.9 Å². The minimum Gasteiger partial charge on any atom is -0.476 e. The minimum absolute atomic E-state index is 0.0159. The van der Waals surface area contributed by atoms with Crippen molar-refractivity contribution in [2.24, 2.45) is 17.8 Å². The number of rotatable bonds is 14. The molecule has 4 amide bonds. The van der Waals surface area contributed by atoms with Crippen LogP contribution in [0.2, 0.25) is 0 Å². The second kappa shape index (κ2) is 16.1. The van der Waals surface area contributed by atoms with E-state index in [4.69, 9.17) is 18.9 Å². The Morgan fingerprint density at radius 1 is 1.06 bits per heavy atom. The van der Waals surface area contributed by atoms with Crippen LogP contribution in [-0.2, 0) is 28.6 Å². The molecule has 1 saturated carbocycles. The van der Waals surface area contributed by atoms with Crippen LogP contribution >= 0.6 is 0 Å². The number of hydrogen-bond acceptors (Lipinski definition) is 8. The second-order valence-electron chi connectivity index (χ2n) is 15.6. The van der Waals surface area contributed by atoms with E-state index in [1.807, 2.05) is 18.2 Å². The summed E-state index contributed by atoms with van der Waals surface area (Å²) < 4.78 is 22.4. The number of piperidine rings is 1. The molecule has 3 atom stereocenters. The van der Waals surface area contributed by atoms with Crippen molar-refractivity contribution in [3.63, 3.8) is 0 Å². The lowest BCUT2D eigenvalue weighted by molar-refractivity contribution is -0.133. The molecular weight excluding hydrogens is 628 g/mol. The Hall–Kier alpha value is -3.38. The third kappa shape index (κ3) is 10.1. The Morgan fingerprint density at radius 2 is 1.73 bits per heavy atom. The third-order valence-corrected chi connectivity index (χ3v) is 9.11. The van der Waals surface area contributed by atoms with Crippen molar-refractivity contribution in [2.75, 3.05) is 56.9 Å². The number of nitrogens with one attached hydrogen (secondary N) is 1. The van der Waals surface area contributed by atoms with Gasteiger partial charge in [0.2, 0.25) is 11.8 Å². The molecule has 274 valence electrons. The normalized spacial score (nSPS) is 21.1. The van der Waals surface area contributed by atoms with Crippen molar-refractivity contribution < 1.29 is 38.1 Å². The molecule has 0 aromatic heterocycles. The van der Waals surface area contributed by atoms with Crippen LogP contribution in [-0.4, -0.2) is 99.1 Å². The van der Waals surface area contributed by atoms with Gasteiger partial charge in [0.05, 0.1) is 17.5 Å². The summed E-state index contributed by atoms with van der Waals surface area (Å²) in [4.78, 5) is 60.4. The van der Waals surface area contributed by atoms with Gasteiger partial charge in [-0.1, -0.05) is 13.8 Å². The van der Waals surface area contributed by atoms with E-state index >= 15 is 0 Å². The summed E-state index contributed by atoms with van der Waals surface area (Å²) >= 11 is 0. The predicted molar refractivity (Wildman–Crippen MR) is 188 cm³/mol. The molecule has 1 aromatic rings. The van der Waals surface area contributed by atoms with Crippen LogP contribution in [0.4, 0.5) is 16.2 Å². The van der Waals surface area contributed by atoms with Gasteiger partial charge in [0.1, 0.15) is 11.4 Å². The number of amides is 4. The molecule has 2 fully saturated rings. The van der Waals surface area contributed by atoms with E-state index in [9.17, 15) is 19.2 Å². The molecule has 4 rings (SSSR count). The van der Waals surface area contributed by atoms with E-state index in [2.05, 4.69) is 19.2 Å². The van der Waals surface area contributed by atoms with Gasteiger partial charge in [0.15, 0.2) is 5.60 Å². The van der Waals surface area contributed by atoms with Gasteiger partial charge in [-0.2, -0.15) is 0 Å². The van der Waals surface area contributed by atoms with Gasteiger partial charge < -0.3 is 39.0 Å². The number of carbonyl (C=O) groups is 4. The zero-order chi connectivity index (χ0) is 36.1. The quantitative estimate of drug-likeness (QED) is 0.266. The van der Waals surface area contributed by atoms with Gasteiger partial charge in [-0.15, -0.1) is 0 Å². The minimum atomic E-state index is -1.03. The van der Waals surface area contributed by atoms with Gasteiger partial charge in [-0.25, -0.2) is 4.79 Å². The average molecular weight is 687 g/mol. The monoisotopic (exact) mass is 686 g/mol. The maximum atomic E-state index is 14.6. The van der Waals surface area contributed by atoms with E-state index in [0.29, 0.717) is 62.1 Å². The molecule has 1 aliphatic carbocycles. The fraction of sp³-hybridized carbons (Fsp3) is 0.730. The number of hydrogen-bond donors (Lipinski definition) is 1. The van der Waals surface area contributed by atoms with Crippen LogP contribution in [0.25, 0.3) is 0 Å². The summed E-state index contributed by atoms with van der Waals surface area (Å²) in [7, 11) is 3.27. The zero-order valence-corrected chi connectivity index (χ0v) is 31.0. The van der Waals surface area contributed by atoms with E-state index in [0.717, 1.165) is 19.3 Å². The molecule has 3 aliphatic rings. The number of carbonyl (C=O) groups excluding carboxylic acids is 4. The van der Waals surface area contributed by atoms with Crippen molar-refractivity contribution in [3.8, 4) is 5.75 Å². The molecule has 0 spiro atoms. The van der Waals surface area contributed by atoms with Crippen LogP contribution in [0.3, 0.4) is 0 Å². The molecular formula is C37H58N4O8. The molecule has 1 aromatic carbocycles. The predicted octanol–water partition coefficient (Wildman–Crippen LogP) is 5.16. The SMILES string of the molecule is COCCCN1C(=O)C(C)(C)Oc2ccc(N(C(=O)[C@@H]3C[C@H](C(=O)N[C@H](CCOC)CC(C)C)CN(C(=O)OC(C)(C)C)C3)C3CC3)cc21. The summed E-state index contributed by atoms with van der Waals surface area (Å²) in [6, 6.07) is 5.44. The van der Waals surface area contributed by atoms with Crippen molar-refractivity contribution in [2.45, 2.75) is 110 Å². The maximum absolute atomic E-state index is 14.6. The fourth-order valence-electron chi connectivity index (χ4n) is 6.68. The number of fused-ring (bicyclic) bond motifs is 1. The van der Waals surface area contributed by atoms with Crippen molar-refractivity contribution in [1.29, 1.82) is 0 Å². The number of methoxy groups -OCH3 is 2. The van der Waals surface area contributed by atoms with Crippen molar-refractivity contribution in [1.82, 2.24) is 10.2 Å². The lowest BCUT2D eigenvalue weighted by atomic mass is 9.87. The number of benzene rings is 1. The Balaban J connectivity index is 1.63. The smallest absolute Gasteiger partial charge is 0.410 e. The second-order valence-corrected chi connectivity index (χ2v) is 15.6. The van der Waals surface area contributed by atoms with Crippen LogP contribution in [0.15, 0.2) is 18.2 Å². The number of nitrogens with zero attached hydrogens (tertiary/aromatic N) is 3. The average Bonchev–Trinajstić information content (AvgIpc) is 3.86. The lowest BCUT2D eigenvalue weighted by Crippen LogP contribution is -2.54. The molecule has 0 radical (unpaired) electrons. The molecule has 1 saturated heterocycles. The molecule has 49 heavy (non-hydrogen) atoms. The molecule has 1 N–H and O–H groups in total. The highest BCUT2D eigenvalue weighted by Gasteiger charge is 2.45. The van der Waals surface area contributed by atoms with Crippen molar-refractivity contribution in [3.05, 3.63) is 18.2 Å². The van der Waals surface area contributed by atoms with E-state index < -0.39 is 29.1 Å². The number of anilines is 2. The molecule has 0 bridgehead atoms. The first-order valence-electron chi connectivity index (χ1n) is 17.8. The Labute approximate surface area is 292 Å². The lowest BCUT2D eigenvalue weighted by Gasteiger charge is -2.40. The Kier molecular flexibility index (Phi) is 12.6. The maximum Gasteiger partial charge on any atom is 0.410 e. The van der Waals surface area contributed by atoms with Crippen LogP contribution in [0.5, 0.6) is 5.75 Å². The highest BCUT2D eigenvalue weighted by atomic mass is 16.6. The van der Waals surface area contributed by atoms with Gasteiger partial charge in [-0.05, 0) is 97.3 Å². The highest BCUT2D eigenvalue weighted by molar-refractivity contribution is 6.04. The molecule has 0 unspecified atom stereocenters. The molecule has 12 nitrogen and oxygen atoms in total. The first-order valence-corrected chi connectivity index (χ1v) is 17.8. The Morgan fingerprint density at radius 3 is 2.35 bits per heavy atom. The zero-order valence-electron chi connectivity index (χ0n) is 31.0.